The molecule has 1 aliphatic heterocycles. The molecule has 1 saturated heterocycles. The number of ether oxygens (including phenoxy) is 2. The van der Waals surface area contributed by atoms with Gasteiger partial charge in [0.1, 0.15) is 17.3 Å². The van der Waals surface area contributed by atoms with Crippen molar-refractivity contribution < 1.29 is 34.1 Å². The molecule has 1 amide bonds. The number of hydrogen-bond acceptors (Lipinski definition) is 9. The number of rotatable bonds is 6. The predicted molar refractivity (Wildman–Crippen MR) is 135 cm³/mol. The lowest BCUT2D eigenvalue weighted by Gasteiger charge is -2.22. The minimum atomic E-state index is -1.10. The van der Waals surface area contributed by atoms with Gasteiger partial charge in [-0.1, -0.05) is 17.4 Å². The maximum absolute atomic E-state index is 13.4. The van der Waals surface area contributed by atoms with Gasteiger partial charge in [0.15, 0.2) is 5.13 Å². The van der Waals surface area contributed by atoms with Gasteiger partial charge in [0, 0.05) is 18.5 Å². The summed E-state index contributed by atoms with van der Waals surface area (Å²) < 4.78 is 11.1. The number of ketones is 1. The van der Waals surface area contributed by atoms with E-state index >= 15 is 0 Å². The summed E-state index contributed by atoms with van der Waals surface area (Å²) in [6.45, 7) is 0. The van der Waals surface area contributed by atoms with Crippen molar-refractivity contribution in [3.63, 3.8) is 0 Å². The minimum absolute atomic E-state index is 0.0696. The second-order valence-corrected chi connectivity index (χ2v) is 9.01. The summed E-state index contributed by atoms with van der Waals surface area (Å²) in [5.74, 6) is -2.60. The molecule has 0 saturated carbocycles. The first-order valence-electron chi connectivity index (χ1n) is 10.9. The van der Waals surface area contributed by atoms with Crippen LogP contribution in [0.1, 0.15) is 27.5 Å². The van der Waals surface area contributed by atoms with Crippen LogP contribution in [-0.4, -0.2) is 52.1 Å². The number of aromatic nitrogens is 2. The number of Topliss-reactive ketones (excluding diaryl/α,β-unsaturated/α-hetero) is 1. The fourth-order valence-electron chi connectivity index (χ4n) is 4.17. The van der Waals surface area contributed by atoms with E-state index in [0.29, 0.717) is 21.5 Å². The molecule has 0 bridgehead atoms. The molecule has 10 nitrogen and oxygen atoms in total. The summed E-state index contributed by atoms with van der Waals surface area (Å²) in [4.78, 5) is 48.0. The van der Waals surface area contributed by atoms with Crippen LogP contribution in [0.25, 0.3) is 16.0 Å². The zero-order valence-corrected chi connectivity index (χ0v) is 20.4. The zero-order chi connectivity index (χ0) is 26.3. The number of fused-ring (bicyclic) bond motifs is 1. The Kier molecular flexibility index (Phi) is 6.06. The lowest BCUT2D eigenvalue weighted by molar-refractivity contribution is -0.132. The fourth-order valence-corrected chi connectivity index (χ4v) is 5.20. The number of aliphatic hydroxyl groups excluding tert-OH is 1. The number of aromatic carboxylic acids is 1. The van der Waals surface area contributed by atoms with Crippen molar-refractivity contribution in [1.29, 1.82) is 0 Å². The van der Waals surface area contributed by atoms with Gasteiger partial charge in [-0.15, -0.1) is 0 Å². The number of carbonyl (C=O) groups is 3. The van der Waals surface area contributed by atoms with E-state index in [0.717, 1.165) is 11.3 Å². The summed E-state index contributed by atoms with van der Waals surface area (Å²) in [5, 5.41) is 20.9. The SMILES string of the molecule is COc1ccc(/C(O)=C2\C(=O)C(=O)N(c3nc4ccc(C(=O)O)cc4s3)C2c2cccnc2)c(OC)c1. The Morgan fingerprint density at radius 1 is 1.05 bits per heavy atom. The van der Waals surface area contributed by atoms with Gasteiger partial charge in [-0.25, -0.2) is 9.78 Å². The molecule has 1 unspecified atom stereocenters. The number of hydrogen-bond donors (Lipinski definition) is 2. The van der Waals surface area contributed by atoms with Gasteiger partial charge in [0.2, 0.25) is 0 Å². The van der Waals surface area contributed by atoms with Crippen molar-refractivity contribution in [3.8, 4) is 11.5 Å². The van der Waals surface area contributed by atoms with E-state index in [2.05, 4.69) is 9.97 Å². The number of thiazole rings is 1. The average Bonchev–Trinajstić information content (AvgIpc) is 3.45. The monoisotopic (exact) mass is 517 g/mol. The molecule has 2 N–H and O–H groups in total. The molecule has 0 aliphatic carbocycles. The second kappa shape index (κ2) is 9.36. The molecule has 2 aromatic carbocycles. The van der Waals surface area contributed by atoms with Crippen molar-refractivity contribution in [1.82, 2.24) is 9.97 Å². The Morgan fingerprint density at radius 3 is 2.54 bits per heavy atom. The molecule has 186 valence electrons. The Labute approximate surface area is 214 Å². The van der Waals surface area contributed by atoms with E-state index in [1.165, 1.54) is 49.6 Å². The number of methoxy groups -OCH3 is 2. The van der Waals surface area contributed by atoms with E-state index in [9.17, 15) is 24.6 Å². The molecule has 0 spiro atoms. The van der Waals surface area contributed by atoms with Gasteiger partial charge in [-0.2, -0.15) is 0 Å². The highest BCUT2D eigenvalue weighted by molar-refractivity contribution is 7.22. The van der Waals surface area contributed by atoms with E-state index in [1.807, 2.05) is 0 Å². The molecule has 11 heteroatoms. The summed E-state index contributed by atoms with van der Waals surface area (Å²) in [6, 6.07) is 11.4. The molecular formula is C26H19N3O7S. The fraction of sp³-hybridized carbons (Fsp3) is 0.115. The van der Waals surface area contributed by atoms with Gasteiger partial charge in [0.05, 0.1) is 47.2 Å². The lowest BCUT2D eigenvalue weighted by atomic mass is 9.96. The largest absolute Gasteiger partial charge is 0.507 e. The van der Waals surface area contributed by atoms with E-state index in [1.54, 1.807) is 30.5 Å². The Bertz CT molecular complexity index is 1600. The van der Waals surface area contributed by atoms with Crippen LogP contribution < -0.4 is 14.4 Å². The highest BCUT2D eigenvalue weighted by Crippen LogP contribution is 2.45. The number of carbonyl (C=O) groups excluding carboxylic acids is 2. The predicted octanol–water partition coefficient (Wildman–Crippen LogP) is 4.03. The second-order valence-electron chi connectivity index (χ2n) is 8.01. The van der Waals surface area contributed by atoms with Gasteiger partial charge in [0.25, 0.3) is 5.78 Å². The van der Waals surface area contributed by atoms with Crippen molar-refractivity contribution in [2.24, 2.45) is 0 Å². The molecule has 5 rings (SSSR count). The number of pyridine rings is 1. The summed E-state index contributed by atoms with van der Waals surface area (Å²) in [7, 11) is 2.90. The molecule has 1 atom stereocenters. The van der Waals surface area contributed by atoms with Crippen LogP contribution in [0, 0.1) is 0 Å². The highest BCUT2D eigenvalue weighted by Gasteiger charge is 2.48. The van der Waals surface area contributed by atoms with Crippen LogP contribution in [0.4, 0.5) is 5.13 Å². The number of benzene rings is 2. The van der Waals surface area contributed by atoms with Gasteiger partial charge >= 0.3 is 11.9 Å². The standard InChI is InChI=1S/C26H19N3O7S/c1-35-15-6-7-16(18(11-15)36-2)22(30)20-21(14-4-3-9-27-12-14)29(24(32)23(20)31)26-28-17-8-5-13(25(33)34)10-19(17)37-26/h3-12,21,30H,1-2H3,(H,33,34)/b22-20+. The van der Waals surface area contributed by atoms with E-state index in [-0.39, 0.29) is 27.6 Å². The first-order chi connectivity index (χ1) is 17.8. The van der Waals surface area contributed by atoms with Crippen molar-refractivity contribution in [2.45, 2.75) is 6.04 Å². The molecule has 1 fully saturated rings. The van der Waals surface area contributed by atoms with Crippen LogP contribution in [0.5, 0.6) is 11.5 Å². The number of carboxylic acid groups (broad SMARTS) is 1. The number of aliphatic hydroxyl groups is 1. The maximum Gasteiger partial charge on any atom is 0.335 e. The number of anilines is 1. The molecule has 1 aliphatic rings. The summed E-state index contributed by atoms with van der Waals surface area (Å²) in [5.41, 5.74) is 1.05. The Hall–Kier alpha value is -4.77. The number of amides is 1. The third kappa shape index (κ3) is 4.04. The third-order valence-electron chi connectivity index (χ3n) is 5.94. The first kappa shape index (κ1) is 23.9. The molecule has 0 radical (unpaired) electrons. The zero-order valence-electron chi connectivity index (χ0n) is 19.5. The Balaban J connectivity index is 1.72. The van der Waals surface area contributed by atoms with E-state index in [4.69, 9.17) is 9.47 Å². The van der Waals surface area contributed by atoms with Crippen molar-refractivity contribution in [2.75, 3.05) is 19.1 Å². The first-order valence-corrected chi connectivity index (χ1v) is 11.7. The van der Waals surface area contributed by atoms with Gasteiger partial charge < -0.3 is 19.7 Å². The van der Waals surface area contributed by atoms with Gasteiger partial charge in [-0.3, -0.25) is 19.5 Å². The lowest BCUT2D eigenvalue weighted by Crippen LogP contribution is -2.29. The van der Waals surface area contributed by atoms with Crippen molar-refractivity contribution >= 4 is 50.1 Å². The summed E-state index contributed by atoms with van der Waals surface area (Å²) >= 11 is 1.07. The molecular weight excluding hydrogens is 498 g/mol. The average molecular weight is 518 g/mol. The normalized spacial score (nSPS) is 16.8. The smallest absolute Gasteiger partial charge is 0.335 e. The van der Waals surface area contributed by atoms with Crippen LogP contribution >= 0.6 is 11.3 Å². The highest BCUT2D eigenvalue weighted by atomic mass is 32.1. The molecule has 2 aromatic heterocycles. The molecule has 3 heterocycles. The van der Waals surface area contributed by atoms with Crippen LogP contribution in [0.2, 0.25) is 0 Å². The number of carboxylic acids is 1. The topological polar surface area (TPSA) is 139 Å². The van der Waals surface area contributed by atoms with Crippen LogP contribution in [0.15, 0.2) is 66.5 Å². The van der Waals surface area contributed by atoms with Crippen LogP contribution in [-0.2, 0) is 9.59 Å². The van der Waals surface area contributed by atoms with Crippen molar-refractivity contribution in [3.05, 3.63) is 83.2 Å². The quantitative estimate of drug-likeness (QED) is 0.220. The van der Waals surface area contributed by atoms with Gasteiger partial charge in [-0.05, 0) is 42.0 Å². The third-order valence-corrected chi connectivity index (χ3v) is 6.96. The number of nitrogens with zero attached hydrogens (tertiary/aromatic N) is 3. The van der Waals surface area contributed by atoms with E-state index < -0.39 is 29.5 Å². The molecule has 4 aromatic rings. The minimum Gasteiger partial charge on any atom is -0.507 e. The Morgan fingerprint density at radius 2 is 1.86 bits per heavy atom. The summed E-state index contributed by atoms with van der Waals surface area (Å²) in [6.07, 6.45) is 3.05. The maximum atomic E-state index is 13.4. The molecule has 37 heavy (non-hydrogen) atoms. The van der Waals surface area contributed by atoms with Crippen LogP contribution in [0.3, 0.4) is 0 Å².